The van der Waals surface area contributed by atoms with E-state index in [0.29, 0.717) is 32.8 Å². The Morgan fingerprint density at radius 1 is 1.21 bits per heavy atom. The number of likely N-dealkylation sites (N-methyl/N-ethyl adjacent to an activating group) is 1. The maximum Gasteiger partial charge on any atom is 0.236 e. The van der Waals surface area contributed by atoms with Crippen LogP contribution in [0.2, 0.25) is 0 Å². The molecule has 0 aromatic heterocycles. The summed E-state index contributed by atoms with van der Waals surface area (Å²) in [6.45, 7) is 5.91. The highest BCUT2D eigenvalue weighted by Gasteiger charge is 2.29. The average Bonchev–Trinajstić information content (AvgIpc) is 2.64. The fourth-order valence-corrected chi connectivity index (χ4v) is 3.46. The summed E-state index contributed by atoms with van der Waals surface area (Å²) in [5.74, 6) is 1.12. The number of ether oxygens (including phenoxy) is 2. The Balaban J connectivity index is 1.65. The zero-order valence-electron chi connectivity index (χ0n) is 14.6. The fourth-order valence-electron chi connectivity index (χ4n) is 3.46. The number of carbonyl (C=O) groups excluding carboxylic acids is 1. The van der Waals surface area contributed by atoms with Crippen molar-refractivity contribution in [3.8, 4) is 5.75 Å². The molecule has 1 amide bonds. The summed E-state index contributed by atoms with van der Waals surface area (Å²) in [6, 6.07) is 8.40. The van der Waals surface area contributed by atoms with Crippen LogP contribution in [0.15, 0.2) is 24.3 Å². The highest BCUT2D eigenvalue weighted by atomic mass is 16.5. The number of nitrogens with zero attached hydrogens (tertiary/aromatic N) is 3. The molecular formula is C18H27N3O3. The molecule has 0 bridgehead atoms. The van der Waals surface area contributed by atoms with E-state index in [9.17, 15) is 4.79 Å². The lowest BCUT2D eigenvalue weighted by Gasteiger charge is -2.40. The Morgan fingerprint density at radius 3 is 2.71 bits per heavy atom. The predicted molar refractivity (Wildman–Crippen MR) is 92.2 cm³/mol. The summed E-state index contributed by atoms with van der Waals surface area (Å²) in [5, 5.41) is 0. The molecule has 3 rings (SSSR count). The van der Waals surface area contributed by atoms with E-state index in [1.807, 2.05) is 23.1 Å². The second-order valence-corrected chi connectivity index (χ2v) is 6.47. The second-order valence-electron chi connectivity index (χ2n) is 6.47. The van der Waals surface area contributed by atoms with Crippen molar-refractivity contribution in [1.29, 1.82) is 0 Å². The summed E-state index contributed by atoms with van der Waals surface area (Å²) in [7, 11) is 3.85. The second kappa shape index (κ2) is 7.96. The van der Waals surface area contributed by atoms with Gasteiger partial charge in [0, 0.05) is 38.3 Å². The largest absolute Gasteiger partial charge is 0.496 e. The molecule has 2 fully saturated rings. The Hall–Kier alpha value is -1.63. The topological polar surface area (TPSA) is 45.3 Å². The van der Waals surface area contributed by atoms with Crippen LogP contribution in [0.5, 0.6) is 5.75 Å². The Labute approximate surface area is 143 Å². The number of rotatable bonds is 4. The number of benzene rings is 1. The SMILES string of the molecule is COc1ccccc1C1CN(CC(=O)N2CCOCC2)CCN1C. The lowest BCUT2D eigenvalue weighted by atomic mass is 10.0. The third-order valence-corrected chi connectivity index (χ3v) is 4.95. The molecule has 1 unspecified atom stereocenters. The number of piperazine rings is 1. The molecule has 2 aliphatic rings. The molecule has 2 aliphatic heterocycles. The molecule has 132 valence electrons. The molecule has 24 heavy (non-hydrogen) atoms. The fraction of sp³-hybridized carbons (Fsp3) is 0.611. The zero-order valence-corrected chi connectivity index (χ0v) is 14.6. The predicted octanol–water partition coefficient (Wildman–Crippen LogP) is 0.843. The van der Waals surface area contributed by atoms with E-state index in [2.05, 4.69) is 22.9 Å². The molecule has 0 aliphatic carbocycles. The first-order chi connectivity index (χ1) is 11.7. The van der Waals surface area contributed by atoms with Crippen LogP contribution >= 0.6 is 0 Å². The Kier molecular flexibility index (Phi) is 5.71. The van der Waals surface area contributed by atoms with E-state index < -0.39 is 0 Å². The standard InChI is InChI=1S/C18H27N3O3/c1-19-7-8-20(14-18(22)21-9-11-24-12-10-21)13-16(19)15-5-3-4-6-17(15)23-2/h3-6,16H,7-14H2,1-2H3. The monoisotopic (exact) mass is 333 g/mol. The van der Waals surface area contributed by atoms with Crippen molar-refractivity contribution in [3.05, 3.63) is 29.8 Å². The summed E-state index contributed by atoms with van der Waals surface area (Å²) in [5.41, 5.74) is 1.19. The highest BCUT2D eigenvalue weighted by molar-refractivity contribution is 5.78. The van der Waals surface area contributed by atoms with Gasteiger partial charge >= 0.3 is 0 Å². The minimum atomic E-state index is 0.210. The number of methoxy groups -OCH3 is 1. The Morgan fingerprint density at radius 2 is 1.96 bits per heavy atom. The van der Waals surface area contributed by atoms with Crippen molar-refractivity contribution < 1.29 is 14.3 Å². The molecule has 6 heteroatoms. The average molecular weight is 333 g/mol. The third-order valence-electron chi connectivity index (χ3n) is 4.95. The molecule has 1 aromatic rings. The van der Waals surface area contributed by atoms with Gasteiger partial charge in [0.1, 0.15) is 5.75 Å². The lowest BCUT2D eigenvalue weighted by Crippen LogP contribution is -2.51. The smallest absolute Gasteiger partial charge is 0.236 e. The first-order valence-corrected chi connectivity index (χ1v) is 8.60. The van der Waals surface area contributed by atoms with Crippen LogP contribution in [0.3, 0.4) is 0 Å². The molecular weight excluding hydrogens is 306 g/mol. The number of amides is 1. The van der Waals surface area contributed by atoms with Gasteiger partial charge in [-0.15, -0.1) is 0 Å². The van der Waals surface area contributed by atoms with Crippen molar-refractivity contribution in [2.75, 3.05) is 66.6 Å². The van der Waals surface area contributed by atoms with Gasteiger partial charge in [-0.2, -0.15) is 0 Å². The van der Waals surface area contributed by atoms with Gasteiger partial charge in [-0.1, -0.05) is 18.2 Å². The van der Waals surface area contributed by atoms with Gasteiger partial charge in [-0.3, -0.25) is 14.6 Å². The van der Waals surface area contributed by atoms with Crippen LogP contribution in [0.25, 0.3) is 0 Å². The molecule has 0 saturated carbocycles. The zero-order chi connectivity index (χ0) is 16.9. The summed E-state index contributed by atoms with van der Waals surface area (Å²) in [4.78, 5) is 19.0. The molecule has 2 heterocycles. The maximum absolute atomic E-state index is 12.5. The molecule has 0 radical (unpaired) electrons. The quantitative estimate of drug-likeness (QED) is 0.817. The van der Waals surface area contributed by atoms with Crippen LogP contribution in [0.1, 0.15) is 11.6 Å². The summed E-state index contributed by atoms with van der Waals surface area (Å²) < 4.78 is 10.9. The number of hydrogen-bond acceptors (Lipinski definition) is 5. The molecule has 0 N–H and O–H groups in total. The van der Waals surface area contributed by atoms with Crippen LogP contribution in [-0.4, -0.2) is 87.2 Å². The number of para-hydroxylation sites is 1. The van der Waals surface area contributed by atoms with E-state index in [0.717, 1.165) is 25.4 Å². The van der Waals surface area contributed by atoms with Gasteiger partial charge in [-0.05, 0) is 13.1 Å². The number of morpholine rings is 1. The van der Waals surface area contributed by atoms with Crippen molar-refractivity contribution in [2.45, 2.75) is 6.04 Å². The van der Waals surface area contributed by atoms with E-state index in [4.69, 9.17) is 9.47 Å². The van der Waals surface area contributed by atoms with Crippen LogP contribution in [0, 0.1) is 0 Å². The Bertz CT molecular complexity index is 560. The van der Waals surface area contributed by atoms with Gasteiger partial charge in [-0.25, -0.2) is 0 Å². The van der Waals surface area contributed by atoms with Gasteiger partial charge in [0.25, 0.3) is 0 Å². The van der Waals surface area contributed by atoms with E-state index >= 15 is 0 Å². The molecule has 6 nitrogen and oxygen atoms in total. The van der Waals surface area contributed by atoms with Crippen LogP contribution in [0.4, 0.5) is 0 Å². The van der Waals surface area contributed by atoms with E-state index in [1.165, 1.54) is 5.56 Å². The van der Waals surface area contributed by atoms with Crippen molar-refractivity contribution >= 4 is 5.91 Å². The van der Waals surface area contributed by atoms with Crippen molar-refractivity contribution in [1.82, 2.24) is 14.7 Å². The van der Waals surface area contributed by atoms with Crippen molar-refractivity contribution in [2.24, 2.45) is 0 Å². The minimum absolute atomic E-state index is 0.210. The molecule has 1 aromatic carbocycles. The van der Waals surface area contributed by atoms with Gasteiger partial charge in [0.15, 0.2) is 0 Å². The van der Waals surface area contributed by atoms with Crippen LogP contribution < -0.4 is 4.74 Å². The van der Waals surface area contributed by atoms with Crippen molar-refractivity contribution in [3.63, 3.8) is 0 Å². The minimum Gasteiger partial charge on any atom is -0.496 e. The van der Waals surface area contributed by atoms with E-state index in [1.54, 1.807) is 7.11 Å². The highest BCUT2D eigenvalue weighted by Crippen LogP contribution is 2.31. The first-order valence-electron chi connectivity index (χ1n) is 8.60. The van der Waals surface area contributed by atoms with Gasteiger partial charge in [0.05, 0.1) is 32.9 Å². The molecule has 2 saturated heterocycles. The molecule has 0 spiro atoms. The first kappa shape index (κ1) is 17.2. The summed E-state index contributed by atoms with van der Waals surface area (Å²) in [6.07, 6.45) is 0. The molecule has 1 atom stereocenters. The van der Waals surface area contributed by atoms with Gasteiger partial charge < -0.3 is 14.4 Å². The third kappa shape index (κ3) is 3.88. The lowest BCUT2D eigenvalue weighted by molar-refractivity contribution is -0.137. The summed E-state index contributed by atoms with van der Waals surface area (Å²) >= 11 is 0. The van der Waals surface area contributed by atoms with Crippen LogP contribution in [-0.2, 0) is 9.53 Å². The number of hydrogen-bond donors (Lipinski definition) is 0. The van der Waals surface area contributed by atoms with Gasteiger partial charge in [0.2, 0.25) is 5.91 Å². The normalized spacial score (nSPS) is 23.2. The number of carbonyl (C=O) groups is 1. The maximum atomic E-state index is 12.5. The van der Waals surface area contributed by atoms with E-state index in [-0.39, 0.29) is 11.9 Å².